The van der Waals surface area contributed by atoms with Crippen molar-refractivity contribution in [1.29, 1.82) is 0 Å². The fraction of sp³-hybridized carbons (Fsp3) is 0.800. The van der Waals surface area contributed by atoms with Crippen LogP contribution < -0.4 is 11.0 Å². The molecule has 0 atom stereocenters. The topological polar surface area (TPSA) is 58.1 Å². The molecular formula is C5H12N4O2. The minimum atomic E-state index is 0.434. The molecule has 0 aliphatic carbocycles. The van der Waals surface area contributed by atoms with E-state index in [9.17, 15) is 0 Å². The summed E-state index contributed by atoms with van der Waals surface area (Å²) in [6.45, 7) is 1.62. The van der Waals surface area contributed by atoms with Gasteiger partial charge < -0.3 is 9.47 Å². The van der Waals surface area contributed by atoms with Crippen LogP contribution in [0.1, 0.15) is 0 Å². The molecule has 1 aliphatic rings. The van der Waals surface area contributed by atoms with Gasteiger partial charge in [-0.1, -0.05) is 5.12 Å². The third-order valence-electron chi connectivity index (χ3n) is 1.11. The fourth-order valence-electron chi connectivity index (χ4n) is 0.590. The number of ether oxygens (including phenoxy) is 2. The number of hydrogen-bond acceptors (Lipinski definition) is 6. The van der Waals surface area contributed by atoms with Crippen LogP contribution in [0.5, 0.6) is 0 Å². The molecule has 0 radical (unpaired) electrons. The first-order valence-electron chi connectivity index (χ1n) is 3.31. The van der Waals surface area contributed by atoms with Gasteiger partial charge in [-0.2, -0.15) is 5.10 Å². The van der Waals surface area contributed by atoms with Crippen LogP contribution in [0.4, 0.5) is 0 Å². The maximum absolute atomic E-state index is 5.15. The Morgan fingerprint density at radius 1 is 1.55 bits per heavy atom. The van der Waals surface area contributed by atoms with Gasteiger partial charge in [0.15, 0.2) is 0 Å². The van der Waals surface area contributed by atoms with E-state index in [2.05, 4.69) is 16.1 Å². The maximum Gasteiger partial charge on any atom is 0.138 e. The van der Waals surface area contributed by atoms with Crippen LogP contribution in [0.2, 0.25) is 0 Å². The molecule has 0 aromatic rings. The molecule has 2 N–H and O–H groups in total. The lowest BCUT2D eigenvalue weighted by Crippen LogP contribution is -2.40. The monoisotopic (exact) mass is 160 g/mol. The molecule has 64 valence electrons. The van der Waals surface area contributed by atoms with Crippen molar-refractivity contribution in [2.45, 2.75) is 0 Å². The largest absolute Gasteiger partial charge is 0.382 e. The third-order valence-corrected chi connectivity index (χ3v) is 1.11. The lowest BCUT2D eigenvalue weighted by atomic mass is 10.8. The predicted molar refractivity (Wildman–Crippen MR) is 39.3 cm³/mol. The number of hydrazone groups is 1. The molecule has 0 saturated carbocycles. The summed E-state index contributed by atoms with van der Waals surface area (Å²) >= 11 is 0. The zero-order valence-corrected chi connectivity index (χ0v) is 6.41. The van der Waals surface area contributed by atoms with Crippen molar-refractivity contribution in [2.24, 2.45) is 5.10 Å². The number of nitrogens with one attached hydrogen (secondary N) is 2. The third kappa shape index (κ3) is 3.17. The quantitative estimate of drug-likeness (QED) is 0.499. The molecule has 1 rings (SSSR count). The average molecular weight is 160 g/mol. The summed E-state index contributed by atoms with van der Waals surface area (Å²) in [5.41, 5.74) is 5.46. The molecule has 6 nitrogen and oxygen atoms in total. The van der Waals surface area contributed by atoms with Crippen LogP contribution in [0.15, 0.2) is 5.10 Å². The highest BCUT2D eigenvalue weighted by Gasteiger charge is 2.03. The molecule has 0 amide bonds. The van der Waals surface area contributed by atoms with Crippen LogP contribution in [-0.2, 0) is 9.47 Å². The molecule has 0 aromatic carbocycles. The van der Waals surface area contributed by atoms with Gasteiger partial charge >= 0.3 is 0 Å². The Kier molecular flexibility index (Phi) is 3.67. The van der Waals surface area contributed by atoms with Crippen molar-refractivity contribution >= 4 is 6.34 Å². The predicted octanol–water partition coefficient (Wildman–Crippen LogP) is -1.12. The van der Waals surface area contributed by atoms with E-state index in [0.29, 0.717) is 19.9 Å². The van der Waals surface area contributed by atoms with Crippen LogP contribution in [0.3, 0.4) is 0 Å². The van der Waals surface area contributed by atoms with E-state index in [1.165, 1.54) is 0 Å². The second-order valence-electron chi connectivity index (χ2n) is 1.95. The zero-order valence-electron chi connectivity index (χ0n) is 6.41. The van der Waals surface area contributed by atoms with Crippen molar-refractivity contribution in [3.63, 3.8) is 0 Å². The van der Waals surface area contributed by atoms with Crippen molar-refractivity contribution < 1.29 is 9.47 Å². The minimum absolute atomic E-state index is 0.434. The van der Waals surface area contributed by atoms with E-state index < -0.39 is 0 Å². The molecular weight excluding hydrogens is 148 g/mol. The van der Waals surface area contributed by atoms with E-state index in [1.54, 1.807) is 18.6 Å². The van der Waals surface area contributed by atoms with Gasteiger partial charge in [-0.15, -0.1) is 0 Å². The van der Waals surface area contributed by atoms with Crippen molar-refractivity contribution in [2.75, 3.05) is 27.1 Å². The molecule has 0 unspecified atom stereocenters. The van der Waals surface area contributed by atoms with Gasteiger partial charge in [-0.25, -0.2) is 5.53 Å². The molecule has 1 aliphatic heterocycles. The van der Waals surface area contributed by atoms with Crippen LogP contribution in [-0.4, -0.2) is 38.5 Å². The fourth-order valence-corrected chi connectivity index (χ4v) is 0.590. The summed E-state index contributed by atoms with van der Waals surface area (Å²) in [5.74, 6) is 0. The van der Waals surface area contributed by atoms with E-state index >= 15 is 0 Å². The summed E-state index contributed by atoms with van der Waals surface area (Å²) in [5, 5.41) is 5.30. The van der Waals surface area contributed by atoms with Crippen molar-refractivity contribution in [3.8, 4) is 0 Å². The number of hydrogen-bond donors (Lipinski definition) is 2. The molecule has 0 aromatic heterocycles. The van der Waals surface area contributed by atoms with Gasteiger partial charge in [0.1, 0.15) is 13.1 Å². The summed E-state index contributed by atoms with van der Waals surface area (Å²) in [6.07, 6.45) is 1.54. The van der Waals surface area contributed by atoms with E-state index in [-0.39, 0.29) is 0 Å². The smallest absolute Gasteiger partial charge is 0.138 e. The zero-order chi connectivity index (χ0) is 7.94. The van der Waals surface area contributed by atoms with Gasteiger partial charge in [0, 0.05) is 7.11 Å². The molecule has 0 fully saturated rings. The van der Waals surface area contributed by atoms with Gasteiger partial charge in [0.25, 0.3) is 0 Å². The number of nitrogens with zero attached hydrogens (tertiary/aromatic N) is 2. The molecule has 1 heterocycles. The Labute approximate surface area is 65.1 Å². The average Bonchev–Trinajstić information content (AvgIpc) is 2.50. The second-order valence-corrected chi connectivity index (χ2v) is 1.95. The number of rotatable bonds is 5. The lowest BCUT2D eigenvalue weighted by molar-refractivity contribution is -0.0258. The van der Waals surface area contributed by atoms with Gasteiger partial charge in [0.05, 0.1) is 13.2 Å². The summed E-state index contributed by atoms with van der Waals surface area (Å²) in [7, 11) is 1.64. The minimum Gasteiger partial charge on any atom is -0.382 e. The normalized spacial score (nSPS) is 16.5. The summed E-state index contributed by atoms with van der Waals surface area (Å²) in [6, 6.07) is 0. The molecule has 0 saturated heterocycles. The van der Waals surface area contributed by atoms with Crippen molar-refractivity contribution in [3.05, 3.63) is 0 Å². The van der Waals surface area contributed by atoms with Gasteiger partial charge in [-0.05, 0) is 0 Å². The van der Waals surface area contributed by atoms with Gasteiger partial charge in [-0.3, -0.25) is 5.43 Å². The first kappa shape index (κ1) is 8.25. The van der Waals surface area contributed by atoms with Crippen LogP contribution >= 0.6 is 0 Å². The number of hydrazine groups is 2. The summed E-state index contributed by atoms with van der Waals surface area (Å²) in [4.78, 5) is 0. The maximum atomic E-state index is 5.15. The van der Waals surface area contributed by atoms with Crippen LogP contribution in [0, 0.1) is 0 Å². The highest BCUT2D eigenvalue weighted by atomic mass is 16.5. The molecule has 0 spiro atoms. The molecule has 11 heavy (non-hydrogen) atoms. The summed E-state index contributed by atoms with van der Waals surface area (Å²) < 4.78 is 9.94. The first-order valence-corrected chi connectivity index (χ1v) is 3.31. The Hall–Kier alpha value is -0.850. The lowest BCUT2D eigenvalue weighted by Gasteiger charge is -2.13. The number of methoxy groups -OCH3 is 1. The SMILES string of the molecule is COCCOCN1NC=NN1. The van der Waals surface area contributed by atoms with E-state index in [1.807, 2.05) is 0 Å². The Bertz CT molecular complexity index is 122. The Morgan fingerprint density at radius 2 is 2.45 bits per heavy atom. The first-order chi connectivity index (χ1) is 5.43. The highest BCUT2D eigenvalue weighted by molar-refractivity contribution is 5.54. The Morgan fingerprint density at radius 3 is 3.09 bits per heavy atom. The second kappa shape index (κ2) is 4.89. The van der Waals surface area contributed by atoms with Crippen LogP contribution in [0.25, 0.3) is 0 Å². The van der Waals surface area contributed by atoms with E-state index in [4.69, 9.17) is 9.47 Å². The Balaban J connectivity index is 1.87. The van der Waals surface area contributed by atoms with Gasteiger partial charge in [0.2, 0.25) is 0 Å². The molecule has 6 heteroatoms. The highest BCUT2D eigenvalue weighted by Crippen LogP contribution is 1.82. The molecule has 0 bridgehead atoms. The van der Waals surface area contributed by atoms with Crippen molar-refractivity contribution in [1.82, 2.24) is 16.1 Å². The van der Waals surface area contributed by atoms with E-state index in [0.717, 1.165) is 0 Å². The standard InChI is InChI=1S/C5H12N4O2/c1-10-2-3-11-5-9-7-4-6-8-9/h4,8H,2-3,5H2,1H3,(H,6,7).